The van der Waals surface area contributed by atoms with Gasteiger partial charge in [-0.15, -0.1) is 23.1 Å². The number of hydrogen-bond donors (Lipinski definition) is 6. The second-order valence-electron chi connectivity index (χ2n) is 9.41. The SMILES string of the molecule is NC(=O)CC(C(=C1CCNC1=O)C1=C(C(=O)O)N2C(=O)[C@@H](NC(=O)C(=NO)c3csc(N)n3)[C@H]2SC1)c1ccncc1. The van der Waals surface area contributed by atoms with E-state index in [1.54, 1.807) is 12.1 Å². The third kappa shape index (κ3) is 5.18. The van der Waals surface area contributed by atoms with Crippen LogP contribution >= 0.6 is 23.1 Å². The number of anilines is 1. The molecule has 1 unspecified atom stereocenters. The number of carboxylic acids is 1. The number of nitrogens with two attached hydrogens (primary N) is 2. The predicted molar refractivity (Wildman–Crippen MR) is 150 cm³/mol. The van der Waals surface area contributed by atoms with Crippen LogP contribution in [0.2, 0.25) is 0 Å². The van der Waals surface area contributed by atoms with E-state index in [0.717, 1.165) is 16.2 Å². The number of thiazole rings is 1. The highest BCUT2D eigenvalue weighted by atomic mass is 32.2. The zero-order valence-electron chi connectivity index (χ0n) is 21.6. The molecule has 2 fully saturated rings. The molecule has 3 aliphatic rings. The van der Waals surface area contributed by atoms with Crippen molar-refractivity contribution in [2.24, 2.45) is 10.9 Å². The lowest BCUT2D eigenvalue weighted by atomic mass is 9.80. The molecular weight excluding hydrogens is 588 g/mol. The maximum atomic E-state index is 13.4. The number of aromatic nitrogens is 2. The number of rotatable bonds is 9. The number of carbonyl (C=O) groups is 5. The predicted octanol–water partition coefficient (Wildman–Crippen LogP) is -0.487. The third-order valence-corrected chi connectivity index (χ3v) is 8.94. The van der Waals surface area contributed by atoms with Gasteiger partial charge >= 0.3 is 5.97 Å². The van der Waals surface area contributed by atoms with Gasteiger partial charge in [-0.3, -0.25) is 29.1 Å². The first kappa shape index (κ1) is 28.7. The minimum atomic E-state index is -1.42. The number of aliphatic carboxylic acids is 1. The molecule has 5 rings (SSSR count). The Labute approximate surface area is 245 Å². The molecule has 42 heavy (non-hydrogen) atoms. The largest absolute Gasteiger partial charge is 0.477 e. The van der Waals surface area contributed by atoms with Crippen molar-refractivity contribution in [1.82, 2.24) is 25.5 Å². The molecule has 17 heteroatoms. The highest BCUT2D eigenvalue weighted by molar-refractivity contribution is 8.00. The number of nitrogens with zero attached hydrogens (tertiary/aromatic N) is 4. The van der Waals surface area contributed by atoms with Crippen LogP contribution in [0.5, 0.6) is 0 Å². The molecular formula is C25H24N8O7S2. The fraction of sp³-hybridized carbons (Fsp3) is 0.280. The van der Waals surface area contributed by atoms with Gasteiger partial charge in [-0.2, -0.15) is 0 Å². The average Bonchev–Trinajstić information content (AvgIpc) is 3.59. The zero-order valence-corrected chi connectivity index (χ0v) is 23.3. The lowest BCUT2D eigenvalue weighted by Crippen LogP contribution is -2.71. The van der Waals surface area contributed by atoms with E-state index in [1.165, 1.54) is 29.5 Å². The van der Waals surface area contributed by atoms with Crippen molar-refractivity contribution in [3.8, 4) is 0 Å². The molecule has 0 radical (unpaired) electrons. The highest BCUT2D eigenvalue weighted by Gasteiger charge is 2.55. The summed E-state index contributed by atoms with van der Waals surface area (Å²) >= 11 is 2.20. The van der Waals surface area contributed by atoms with Crippen molar-refractivity contribution in [3.05, 3.63) is 63.6 Å². The molecule has 5 heterocycles. The molecule has 15 nitrogen and oxygen atoms in total. The second-order valence-corrected chi connectivity index (χ2v) is 11.4. The molecule has 2 aromatic heterocycles. The van der Waals surface area contributed by atoms with E-state index in [1.807, 2.05) is 0 Å². The Kier molecular flexibility index (Phi) is 7.95. The fourth-order valence-electron chi connectivity index (χ4n) is 5.21. The third-order valence-electron chi connectivity index (χ3n) is 6.98. The van der Waals surface area contributed by atoms with Gasteiger partial charge in [-0.1, -0.05) is 5.16 Å². The van der Waals surface area contributed by atoms with Gasteiger partial charge in [0.15, 0.2) is 10.8 Å². The molecule has 0 spiro atoms. The second kappa shape index (κ2) is 11.6. The topological polar surface area (TPSA) is 243 Å². The van der Waals surface area contributed by atoms with Crippen LogP contribution in [0.25, 0.3) is 0 Å². The van der Waals surface area contributed by atoms with Crippen molar-refractivity contribution in [2.75, 3.05) is 18.0 Å². The number of primary amides is 1. The van der Waals surface area contributed by atoms with Crippen molar-refractivity contribution in [2.45, 2.75) is 30.2 Å². The maximum absolute atomic E-state index is 13.4. The first-order valence-corrected chi connectivity index (χ1v) is 14.4. The van der Waals surface area contributed by atoms with Crippen LogP contribution in [0.1, 0.15) is 30.0 Å². The molecule has 218 valence electrons. The molecule has 4 amide bonds. The lowest BCUT2D eigenvalue weighted by molar-refractivity contribution is -0.150. The van der Waals surface area contributed by atoms with E-state index in [2.05, 4.69) is 25.8 Å². The van der Waals surface area contributed by atoms with Crippen LogP contribution in [-0.2, 0) is 24.0 Å². The number of carboxylic acid groups (broad SMARTS) is 1. The summed E-state index contributed by atoms with van der Waals surface area (Å²) in [7, 11) is 0. The number of oxime groups is 1. The van der Waals surface area contributed by atoms with Crippen LogP contribution in [0.4, 0.5) is 5.13 Å². The summed E-state index contributed by atoms with van der Waals surface area (Å²) in [5.74, 6) is -4.87. The minimum absolute atomic E-state index is 0.00791. The Balaban J connectivity index is 1.53. The number of amides is 4. The van der Waals surface area contributed by atoms with E-state index in [9.17, 15) is 34.3 Å². The number of fused-ring (bicyclic) bond motifs is 1. The number of carbonyl (C=O) groups excluding carboxylic acids is 4. The Morgan fingerprint density at radius 1 is 1.26 bits per heavy atom. The van der Waals surface area contributed by atoms with Crippen LogP contribution in [-0.4, -0.2) is 84.2 Å². The fourth-order valence-corrected chi connectivity index (χ4v) is 7.12. The first-order valence-electron chi connectivity index (χ1n) is 12.5. The summed E-state index contributed by atoms with van der Waals surface area (Å²) in [5.41, 5.74) is 11.8. The van der Waals surface area contributed by atoms with Gasteiger partial charge in [0.25, 0.3) is 11.8 Å². The van der Waals surface area contributed by atoms with Crippen molar-refractivity contribution in [1.29, 1.82) is 0 Å². The number of pyridine rings is 1. The summed E-state index contributed by atoms with van der Waals surface area (Å²) in [6.45, 7) is 0.318. The monoisotopic (exact) mass is 612 g/mol. The Morgan fingerprint density at radius 2 is 2.00 bits per heavy atom. The van der Waals surface area contributed by atoms with Crippen molar-refractivity contribution >= 4 is 63.5 Å². The molecule has 0 saturated carbocycles. The van der Waals surface area contributed by atoms with Crippen molar-refractivity contribution in [3.63, 3.8) is 0 Å². The van der Waals surface area contributed by atoms with Gasteiger partial charge < -0.3 is 32.4 Å². The molecule has 0 aromatic carbocycles. The van der Waals surface area contributed by atoms with Crippen LogP contribution in [0.15, 0.2) is 57.5 Å². The Morgan fingerprint density at radius 3 is 2.57 bits per heavy atom. The smallest absolute Gasteiger partial charge is 0.352 e. The van der Waals surface area contributed by atoms with Crippen LogP contribution in [0.3, 0.4) is 0 Å². The zero-order chi connectivity index (χ0) is 30.1. The van der Waals surface area contributed by atoms with E-state index in [-0.39, 0.29) is 40.7 Å². The number of thioether (sulfide) groups is 1. The Bertz CT molecular complexity index is 1590. The van der Waals surface area contributed by atoms with Gasteiger partial charge in [0.1, 0.15) is 22.8 Å². The molecule has 2 saturated heterocycles. The number of nitrogen functional groups attached to an aromatic ring is 1. The van der Waals surface area contributed by atoms with Gasteiger partial charge in [-0.05, 0) is 35.3 Å². The van der Waals surface area contributed by atoms with E-state index < -0.39 is 52.6 Å². The number of nitrogens with one attached hydrogen (secondary N) is 2. The summed E-state index contributed by atoms with van der Waals surface area (Å²) in [6, 6.07) is 2.16. The number of β-lactam (4-membered cyclic amide) rings is 1. The summed E-state index contributed by atoms with van der Waals surface area (Å²) < 4.78 is 0. The lowest BCUT2D eigenvalue weighted by Gasteiger charge is -2.50. The van der Waals surface area contributed by atoms with Crippen LogP contribution < -0.4 is 22.1 Å². The Hall–Kier alpha value is -4.77. The van der Waals surface area contributed by atoms with Gasteiger partial charge in [0.2, 0.25) is 11.8 Å². The number of allylic oxidation sites excluding steroid dienone is 1. The molecule has 3 aliphatic heterocycles. The van der Waals surface area contributed by atoms with E-state index >= 15 is 0 Å². The summed E-state index contributed by atoms with van der Waals surface area (Å²) in [6.07, 6.45) is 3.07. The van der Waals surface area contributed by atoms with E-state index in [0.29, 0.717) is 23.3 Å². The van der Waals surface area contributed by atoms with E-state index in [4.69, 9.17) is 11.5 Å². The average molecular weight is 613 g/mol. The summed E-state index contributed by atoms with van der Waals surface area (Å²) in [4.78, 5) is 73.0. The van der Waals surface area contributed by atoms with Gasteiger partial charge in [-0.25, -0.2) is 9.78 Å². The maximum Gasteiger partial charge on any atom is 0.352 e. The molecule has 8 N–H and O–H groups in total. The van der Waals surface area contributed by atoms with Gasteiger partial charge in [0, 0.05) is 48.0 Å². The first-order chi connectivity index (χ1) is 20.1. The molecule has 3 atom stereocenters. The molecule has 0 bridgehead atoms. The number of hydrogen-bond acceptors (Lipinski definition) is 12. The van der Waals surface area contributed by atoms with Crippen LogP contribution in [0, 0.1) is 0 Å². The normalized spacial score (nSPS) is 22.2. The van der Waals surface area contributed by atoms with Gasteiger partial charge in [0.05, 0.1) is 0 Å². The van der Waals surface area contributed by atoms with Crippen molar-refractivity contribution < 1.29 is 34.3 Å². The minimum Gasteiger partial charge on any atom is -0.477 e. The summed E-state index contributed by atoms with van der Waals surface area (Å²) in [5, 5.41) is 28.7. The standard InChI is InChI=1S/C25H24N8O7S2/c26-15(34)7-12(10-1-4-28-5-2-10)16(11-3-6-29-20(11)35)13-8-41-23-18(22(37)33(23)19(13)24(38)39)31-21(36)17(32-40)14-9-42-25(27)30-14/h1-2,4-5,9,12,18,23,40H,3,6-8H2,(H2,26,34)(H2,27,30)(H,29,35)(H,31,36)(H,38,39)/t12?,18-,23-/m1/s1. The molecule has 0 aliphatic carbocycles. The molecule has 2 aromatic rings. The quantitative estimate of drug-likeness (QED) is 0.0694. The highest BCUT2D eigenvalue weighted by Crippen LogP contribution is 2.47.